The van der Waals surface area contributed by atoms with Gasteiger partial charge in [0.2, 0.25) is 0 Å². The summed E-state index contributed by atoms with van der Waals surface area (Å²) in [4.78, 5) is 0. The van der Waals surface area contributed by atoms with Crippen LogP contribution in [0.3, 0.4) is 0 Å². The Morgan fingerprint density at radius 1 is 1.05 bits per heavy atom. The van der Waals surface area contributed by atoms with Crippen molar-refractivity contribution in [3.8, 4) is 16.9 Å². The van der Waals surface area contributed by atoms with Crippen molar-refractivity contribution in [2.24, 2.45) is 0 Å². The normalized spacial score (nSPS) is 10.8. The molecule has 2 N–H and O–H groups in total. The number of benzene rings is 2. The fourth-order valence-corrected chi connectivity index (χ4v) is 2.86. The van der Waals surface area contributed by atoms with Gasteiger partial charge >= 0.3 is 0 Å². The maximum absolute atomic E-state index is 6.15. The van der Waals surface area contributed by atoms with Crippen LogP contribution in [0.25, 0.3) is 16.9 Å². The summed E-state index contributed by atoms with van der Waals surface area (Å²) in [6.45, 7) is 4.16. The Morgan fingerprint density at radius 2 is 1.76 bits per heavy atom. The van der Waals surface area contributed by atoms with Crippen molar-refractivity contribution >= 4 is 21.6 Å². The molecule has 3 aromatic rings. The van der Waals surface area contributed by atoms with Gasteiger partial charge < -0.3 is 5.73 Å². The molecule has 0 bridgehead atoms. The second-order valence-corrected chi connectivity index (χ2v) is 6.15. The van der Waals surface area contributed by atoms with E-state index in [1.165, 1.54) is 11.1 Å². The minimum Gasteiger partial charge on any atom is -0.396 e. The number of hydrogen-bond acceptors (Lipinski definition) is 2. The van der Waals surface area contributed by atoms with Crippen molar-refractivity contribution in [1.29, 1.82) is 0 Å². The van der Waals surface area contributed by atoms with E-state index in [-0.39, 0.29) is 0 Å². The van der Waals surface area contributed by atoms with Gasteiger partial charge in [0.1, 0.15) is 5.69 Å². The maximum Gasteiger partial charge on any atom is 0.116 e. The average Bonchev–Trinajstić information content (AvgIpc) is 2.80. The second-order valence-electron chi connectivity index (χ2n) is 5.23. The molecule has 0 aliphatic carbocycles. The highest BCUT2D eigenvalue weighted by Crippen LogP contribution is 2.27. The van der Waals surface area contributed by atoms with E-state index >= 15 is 0 Å². The summed E-state index contributed by atoms with van der Waals surface area (Å²) in [5.41, 5.74) is 12.1. The Balaban J connectivity index is 2.09. The van der Waals surface area contributed by atoms with Crippen LogP contribution >= 0.6 is 15.9 Å². The molecule has 0 atom stereocenters. The van der Waals surface area contributed by atoms with Crippen LogP contribution in [0.1, 0.15) is 11.1 Å². The van der Waals surface area contributed by atoms with Crippen LogP contribution in [0.15, 0.2) is 53.1 Å². The SMILES string of the molecule is Cc1cc(C)cc(-c2nn(-c3cccc(Br)c3)cc2N)c1. The molecule has 106 valence electrons. The number of hydrogen-bond donors (Lipinski definition) is 1. The lowest BCUT2D eigenvalue weighted by atomic mass is 10.0. The van der Waals surface area contributed by atoms with E-state index in [0.29, 0.717) is 5.69 Å². The standard InChI is InChI=1S/C17H16BrN3/c1-11-6-12(2)8-13(7-11)17-16(19)10-21(20-17)15-5-3-4-14(18)9-15/h3-10H,19H2,1-2H3. The molecule has 1 aromatic heterocycles. The number of aromatic nitrogens is 2. The van der Waals surface area contributed by atoms with Crippen LogP contribution in [0.4, 0.5) is 5.69 Å². The van der Waals surface area contributed by atoms with Crippen LogP contribution < -0.4 is 5.73 Å². The lowest BCUT2D eigenvalue weighted by Crippen LogP contribution is -1.94. The summed E-state index contributed by atoms with van der Waals surface area (Å²) in [6, 6.07) is 14.3. The van der Waals surface area contributed by atoms with Crippen molar-refractivity contribution in [2.75, 3.05) is 5.73 Å². The topological polar surface area (TPSA) is 43.8 Å². The van der Waals surface area contributed by atoms with E-state index in [9.17, 15) is 0 Å². The van der Waals surface area contributed by atoms with E-state index < -0.39 is 0 Å². The van der Waals surface area contributed by atoms with Crippen LogP contribution in [-0.2, 0) is 0 Å². The average molecular weight is 342 g/mol. The fraction of sp³-hybridized carbons (Fsp3) is 0.118. The minimum absolute atomic E-state index is 0.681. The number of nitrogens with two attached hydrogens (primary N) is 1. The number of aryl methyl sites for hydroxylation is 2. The molecule has 3 nitrogen and oxygen atoms in total. The first-order chi connectivity index (χ1) is 10.0. The van der Waals surface area contributed by atoms with Gasteiger partial charge in [-0.3, -0.25) is 0 Å². The third-order valence-corrected chi connectivity index (χ3v) is 3.80. The summed E-state index contributed by atoms with van der Waals surface area (Å²) in [7, 11) is 0. The minimum atomic E-state index is 0.681. The number of rotatable bonds is 2. The highest BCUT2D eigenvalue weighted by molar-refractivity contribution is 9.10. The third kappa shape index (κ3) is 2.85. The molecule has 3 rings (SSSR count). The second kappa shape index (κ2) is 5.37. The highest BCUT2D eigenvalue weighted by atomic mass is 79.9. The van der Waals surface area contributed by atoms with Gasteiger partial charge in [0.25, 0.3) is 0 Å². The zero-order valence-electron chi connectivity index (χ0n) is 12.0. The molecule has 0 aliphatic heterocycles. The first-order valence-corrected chi connectivity index (χ1v) is 7.52. The molecule has 1 heterocycles. The van der Waals surface area contributed by atoms with Crippen LogP contribution in [-0.4, -0.2) is 9.78 Å². The lowest BCUT2D eigenvalue weighted by molar-refractivity contribution is 0.883. The van der Waals surface area contributed by atoms with E-state index in [4.69, 9.17) is 5.73 Å². The molecular formula is C17H16BrN3. The van der Waals surface area contributed by atoms with Gasteiger partial charge in [-0.15, -0.1) is 0 Å². The Morgan fingerprint density at radius 3 is 2.43 bits per heavy atom. The molecule has 0 unspecified atom stereocenters. The smallest absolute Gasteiger partial charge is 0.116 e. The van der Waals surface area contributed by atoms with Gasteiger partial charge in [-0.2, -0.15) is 5.10 Å². The summed E-state index contributed by atoms with van der Waals surface area (Å²) < 4.78 is 2.83. The van der Waals surface area contributed by atoms with Crippen molar-refractivity contribution in [3.05, 3.63) is 64.3 Å². The number of anilines is 1. The Labute approximate surface area is 132 Å². The van der Waals surface area contributed by atoms with Gasteiger partial charge in [0.05, 0.1) is 17.6 Å². The quantitative estimate of drug-likeness (QED) is 0.745. The van der Waals surface area contributed by atoms with E-state index in [1.807, 2.05) is 35.1 Å². The summed E-state index contributed by atoms with van der Waals surface area (Å²) in [6.07, 6.45) is 1.86. The van der Waals surface area contributed by atoms with Crippen molar-refractivity contribution in [1.82, 2.24) is 9.78 Å². The molecule has 0 saturated carbocycles. The van der Waals surface area contributed by atoms with Crippen molar-refractivity contribution in [2.45, 2.75) is 13.8 Å². The summed E-state index contributed by atoms with van der Waals surface area (Å²) >= 11 is 3.48. The summed E-state index contributed by atoms with van der Waals surface area (Å²) in [5.74, 6) is 0. The van der Waals surface area contributed by atoms with Gasteiger partial charge in [-0.1, -0.05) is 39.2 Å². The number of nitrogen functional groups attached to an aromatic ring is 1. The van der Waals surface area contributed by atoms with Gasteiger partial charge in [0.15, 0.2) is 0 Å². The molecule has 0 fully saturated rings. The predicted molar refractivity (Wildman–Crippen MR) is 90.6 cm³/mol. The maximum atomic E-state index is 6.15. The predicted octanol–water partition coefficient (Wildman–Crippen LogP) is 4.50. The zero-order chi connectivity index (χ0) is 15.0. The van der Waals surface area contributed by atoms with Gasteiger partial charge in [-0.25, -0.2) is 4.68 Å². The Kier molecular flexibility index (Phi) is 3.55. The van der Waals surface area contributed by atoms with Gasteiger partial charge in [-0.05, 0) is 44.2 Å². The Bertz CT molecular complexity index is 785. The van der Waals surface area contributed by atoms with Crippen molar-refractivity contribution < 1.29 is 0 Å². The molecule has 2 aromatic carbocycles. The molecule has 4 heteroatoms. The van der Waals surface area contributed by atoms with Crippen LogP contribution in [0.2, 0.25) is 0 Å². The first-order valence-electron chi connectivity index (χ1n) is 6.73. The van der Waals surface area contributed by atoms with Gasteiger partial charge in [0, 0.05) is 10.0 Å². The molecule has 0 radical (unpaired) electrons. The van der Waals surface area contributed by atoms with Crippen molar-refractivity contribution in [3.63, 3.8) is 0 Å². The molecule has 0 aliphatic rings. The lowest BCUT2D eigenvalue weighted by Gasteiger charge is -2.03. The first kappa shape index (κ1) is 13.9. The molecule has 0 spiro atoms. The third-order valence-electron chi connectivity index (χ3n) is 3.31. The zero-order valence-corrected chi connectivity index (χ0v) is 13.6. The largest absolute Gasteiger partial charge is 0.396 e. The monoisotopic (exact) mass is 341 g/mol. The van der Waals surface area contributed by atoms with Crippen LogP contribution in [0, 0.1) is 13.8 Å². The van der Waals surface area contributed by atoms with Crippen LogP contribution in [0.5, 0.6) is 0 Å². The number of halogens is 1. The molecule has 0 saturated heterocycles. The van der Waals surface area contributed by atoms with E-state index in [1.54, 1.807) is 0 Å². The van der Waals surface area contributed by atoms with E-state index in [0.717, 1.165) is 21.4 Å². The highest BCUT2D eigenvalue weighted by Gasteiger charge is 2.10. The summed E-state index contributed by atoms with van der Waals surface area (Å²) in [5, 5.41) is 4.64. The fourth-order valence-electron chi connectivity index (χ4n) is 2.47. The molecule has 0 amide bonds. The van der Waals surface area contributed by atoms with E-state index in [2.05, 4.69) is 53.1 Å². The molecule has 21 heavy (non-hydrogen) atoms. The molecular weight excluding hydrogens is 326 g/mol. The number of nitrogens with zero attached hydrogens (tertiary/aromatic N) is 2. The Hall–Kier alpha value is -2.07.